The molecule has 202 valence electrons. The van der Waals surface area contributed by atoms with Crippen LogP contribution in [0.25, 0.3) is 5.69 Å². The normalized spacial score (nSPS) is 15.6. The number of carbonyl (C=O) groups excluding carboxylic acids is 2. The predicted octanol–water partition coefficient (Wildman–Crippen LogP) is 6.36. The number of thiophene rings is 1. The number of fused-ring (bicyclic) bond motifs is 1. The van der Waals surface area contributed by atoms with Crippen molar-refractivity contribution in [1.29, 1.82) is 0 Å². The summed E-state index contributed by atoms with van der Waals surface area (Å²) in [5.41, 5.74) is 4.16. The van der Waals surface area contributed by atoms with Gasteiger partial charge in [-0.25, -0.2) is 4.68 Å². The molecule has 0 aliphatic carbocycles. The van der Waals surface area contributed by atoms with Gasteiger partial charge in [-0.3, -0.25) is 14.5 Å². The molecule has 3 heterocycles. The zero-order valence-electron chi connectivity index (χ0n) is 22.7. The number of rotatable bonds is 6. The lowest BCUT2D eigenvalue weighted by Gasteiger charge is -2.24. The van der Waals surface area contributed by atoms with Crippen LogP contribution in [-0.2, 0) is 15.0 Å². The summed E-state index contributed by atoms with van der Waals surface area (Å²) in [4.78, 5) is 29.8. The second kappa shape index (κ2) is 10.9. The Labute approximate surface area is 237 Å². The molecule has 0 radical (unpaired) electrons. The van der Waals surface area contributed by atoms with Gasteiger partial charge in [0.05, 0.1) is 29.5 Å². The maximum atomic E-state index is 13.7. The van der Waals surface area contributed by atoms with Gasteiger partial charge in [-0.1, -0.05) is 44.5 Å². The Morgan fingerprint density at radius 3 is 2.44 bits per heavy atom. The summed E-state index contributed by atoms with van der Waals surface area (Å²) in [5.74, 6) is 1.22. The molecule has 9 heteroatoms. The van der Waals surface area contributed by atoms with Gasteiger partial charge in [0.25, 0.3) is 0 Å². The van der Waals surface area contributed by atoms with E-state index in [0.717, 1.165) is 33.1 Å². The van der Waals surface area contributed by atoms with E-state index in [1.807, 2.05) is 66.2 Å². The number of hydrogen-bond donors (Lipinski definition) is 1. The van der Waals surface area contributed by atoms with E-state index in [2.05, 4.69) is 37.5 Å². The molecule has 0 fully saturated rings. The second-order valence-electron chi connectivity index (χ2n) is 10.5. The highest BCUT2D eigenvalue weighted by atomic mass is 32.2. The number of anilines is 2. The van der Waals surface area contributed by atoms with Gasteiger partial charge >= 0.3 is 0 Å². The number of thioether (sulfide) groups is 1. The molecule has 1 unspecified atom stereocenters. The van der Waals surface area contributed by atoms with Crippen LogP contribution in [-0.4, -0.2) is 41.0 Å². The Balaban J connectivity index is 1.66. The van der Waals surface area contributed by atoms with Crippen LogP contribution in [0.3, 0.4) is 0 Å². The predicted molar refractivity (Wildman–Crippen MR) is 160 cm³/mol. The van der Waals surface area contributed by atoms with Crippen LogP contribution in [0.5, 0.6) is 5.75 Å². The van der Waals surface area contributed by atoms with E-state index in [4.69, 9.17) is 9.84 Å². The van der Waals surface area contributed by atoms with Crippen molar-refractivity contribution in [2.24, 2.45) is 0 Å². The van der Waals surface area contributed by atoms with Crippen molar-refractivity contribution >= 4 is 46.4 Å². The molecule has 2 amide bonds. The fourth-order valence-corrected chi connectivity index (χ4v) is 6.80. The average Bonchev–Trinajstić information content (AvgIpc) is 3.55. The summed E-state index contributed by atoms with van der Waals surface area (Å²) in [7, 11) is 1.63. The van der Waals surface area contributed by atoms with Crippen molar-refractivity contribution in [1.82, 2.24) is 9.78 Å². The van der Waals surface area contributed by atoms with E-state index in [9.17, 15) is 9.59 Å². The highest BCUT2D eigenvalue weighted by Gasteiger charge is 2.40. The van der Waals surface area contributed by atoms with Crippen molar-refractivity contribution in [3.63, 3.8) is 0 Å². The maximum Gasteiger partial charge on any atom is 0.244 e. The number of benzene rings is 2. The Morgan fingerprint density at radius 1 is 1.10 bits per heavy atom. The van der Waals surface area contributed by atoms with Crippen LogP contribution in [0.4, 0.5) is 11.5 Å². The van der Waals surface area contributed by atoms with Crippen LogP contribution in [0.1, 0.15) is 47.7 Å². The van der Waals surface area contributed by atoms with E-state index in [1.54, 1.807) is 35.1 Å². The van der Waals surface area contributed by atoms with Crippen LogP contribution >= 0.6 is 23.1 Å². The largest absolute Gasteiger partial charge is 0.497 e. The number of aryl methyl sites for hydroxylation is 1. The molecule has 1 N–H and O–H groups in total. The number of nitrogens with zero attached hydrogens (tertiary/aromatic N) is 3. The van der Waals surface area contributed by atoms with Gasteiger partial charge < -0.3 is 10.1 Å². The number of ether oxygens (including phenoxy) is 1. The molecule has 1 atom stereocenters. The third kappa shape index (κ3) is 5.60. The number of amides is 2. The Hall–Kier alpha value is -3.56. The Morgan fingerprint density at radius 2 is 1.82 bits per heavy atom. The smallest absolute Gasteiger partial charge is 0.244 e. The molecular weight excluding hydrogens is 528 g/mol. The Kier molecular flexibility index (Phi) is 7.55. The van der Waals surface area contributed by atoms with Gasteiger partial charge in [0.1, 0.15) is 18.1 Å². The summed E-state index contributed by atoms with van der Waals surface area (Å²) >= 11 is 3.26. The molecule has 4 aromatic rings. The molecule has 0 spiro atoms. The minimum Gasteiger partial charge on any atom is -0.497 e. The Bertz CT molecular complexity index is 1470. The van der Waals surface area contributed by atoms with Crippen molar-refractivity contribution in [2.75, 3.05) is 29.6 Å². The van der Waals surface area contributed by atoms with Gasteiger partial charge in [0, 0.05) is 21.5 Å². The van der Waals surface area contributed by atoms with Crippen molar-refractivity contribution in [3.8, 4) is 11.4 Å². The van der Waals surface area contributed by atoms with Crippen molar-refractivity contribution in [2.45, 2.75) is 38.4 Å². The first-order valence-corrected chi connectivity index (χ1v) is 14.7. The SMILES string of the molecule is COc1ccc(-n2nc(C(C)(C)C)c3c2N(CC(=O)Nc2ccc(C)cc2)C(=O)CSC3c2cccs2)cc1. The molecule has 5 rings (SSSR count). The number of methoxy groups -OCH3 is 1. The van der Waals surface area contributed by atoms with E-state index < -0.39 is 0 Å². The fraction of sp³-hybridized carbons (Fsp3) is 0.300. The fourth-order valence-electron chi connectivity index (χ4n) is 4.62. The third-order valence-electron chi connectivity index (χ3n) is 6.56. The highest BCUT2D eigenvalue weighted by molar-refractivity contribution is 8.00. The minimum absolute atomic E-state index is 0.0877. The summed E-state index contributed by atoms with van der Waals surface area (Å²) in [5, 5.41) is 10.0. The third-order valence-corrected chi connectivity index (χ3v) is 8.88. The van der Waals surface area contributed by atoms with Crippen LogP contribution in [0, 0.1) is 6.92 Å². The van der Waals surface area contributed by atoms with Gasteiger partial charge in [-0.15, -0.1) is 23.1 Å². The van der Waals surface area contributed by atoms with E-state index in [0.29, 0.717) is 11.5 Å². The molecule has 0 saturated heterocycles. The zero-order valence-corrected chi connectivity index (χ0v) is 24.4. The van der Waals surface area contributed by atoms with Crippen LogP contribution in [0.2, 0.25) is 0 Å². The summed E-state index contributed by atoms with van der Waals surface area (Å²) in [6, 6.07) is 19.4. The maximum absolute atomic E-state index is 13.7. The standard InChI is InChI=1S/C30H32N4O3S2/c1-19-8-10-20(11-9-19)31-24(35)17-33-25(36)18-39-27(23-7-6-16-38-23)26-28(30(2,3)4)32-34(29(26)33)21-12-14-22(37-5)15-13-21/h6-16,27H,17-18H2,1-5H3,(H,31,35). The molecule has 39 heavy (non-hydrogen) atoms. The van der Waals surface area contributed by atoms with Crippen molar-refractivity contribution < 1.29 is 14.3 Å². The number of carbonyl (C=O) groups is 2. The van der Waals surface area contributed by atoms with Crippen molar-refractivity contribution in [3.05, 3.63) is 87.7 Å². The lowest BCUT2D eigenvalue weighted by atomic mass is 9.88. The summed E-state index contributed by atoms with van der Waals surface area (Å²) in [6.45, 7) is 8.27. The van der Waals surface area contributed by atoms with Gasteiger partial charge in [-0.2, -0.15) is 5.10 Å². The first kappa shape index (κ1) is 27.0. The number of aromatic nitrogens is 2. The highest BCUT2D eigenvalue weighted by Crippen LogP contribution is 2.49. The van der Waals surface area contributed by atoms with Gasteiger partial charge in [0.2, 0.25) is 11.8 Å². The minimum atomic E-state index is -0.304. The monoisotopic (exact) mass is 560 g/mol. The molecule has 0 bridgehead atoms. The molecule has 1 aliphatic rings. The van der Waals surface area contributed by atoms with Crippen LogP contribution in [0.15, 0.2) is 66.0 Å². The first-order valence-electron chi connectivity index (χ1n) is 12.8. The van der Waals surface area contributed by atoms with Crippen LogP contribution < -0.4 is 15.0 Å². The van der Waals surface area contributed by atoms with E-state index in [-0.39, 0.29) is 34.8 Å². The van der Waals surface area contributed by atoms with Gasteiger partial charge in [-0.05, 0) is 54.8 Å². The quantitative estimate of drug-likeness (QED) is 0.297. The molecule has 7 nitrogen and oxygen atoms in total. The summed E-state index contributed by atoms with van der Waals surface area (Å²) in [6.07, 6.45) is 0. The first-order chi connectivity index (χ1) is 18.7. The lowest BCUT2D eigenvalue weighted by Crippen LogP contribution is -2.40. The molecular formula is C30H32N4O3S2. The van der Waals surface area contributed by atoms with Gasteiger partial charge in [0.15, 0.2) is 0 Å². The molecule has 2 aromatic heterocycles. The number of nitrogens with one attached hydrogen (secondary N) is 1. The molecule has 1 aliphatic heterocycles. The topological polar surface area (TPSA) is 76.5 Å². The van der Waals surface area contributed by atoms with E-state index >= 15 is 0 Å². The zero-order chi connectivity index (χ0) is 27.7. The lowest BCUT2D eigenvalue weighted by molar-refractivity contribution is -0.120. The number of hydrogen-bond acceptors (Lipinski definition) is 6. The second-order valence-corrected chi connectivity index (χ2v) is 12.6. The molecule has 2 aromatic carbocycles. The average molecular weight is 561 g/mol. The van der Waals surface area contributed by atoms with E-state index in [1.165, 1.54) is 0 Å². The molecule has 0 saturated carbocycles. The summed E-state index contributed by atoms with van der Waals surface area (Å²) < 4.78 is 7.19.